The molecule has 1 aromatic rings. The van der Waals surface area contributed by atoms with Crippen molar-refractivity contribution in [3.8, 4) is 5.88 Å². The lowest BCUT2D eigenvalue weighted by Gasteiger charge is -2.37. The van der Waals surface area contributed by atoms with Crippen LogP contribution in [0.3, 0.4) is 0 Å². The first-order valence-corrected chi connectivity index (χ1v) is 8.70. The molecule has 2 fully saturated rings. The van der Waals surface area contributed by atoms with Crippen LogP contribution >= 0.6 is 0 Å². The first-order valence-electron chi connectivity index (χ1n) is 8.70. The van der Waals surface area contributed by atoms with E-state index in [0.717, 1.165) is 18.5 Å². The van der Waals surface area contributed by atoms with E-state index in [1.807, 2.05) is 11.8 Å². The number of ether oxygens (including phenoxy) is 1. The quantitative estimate of drug-likeness (QED) is 0.790. The van der Waals surface area contributed by atoms with Gasteiger partial charge in [-0.2, -0.15) is 4.98 Å². The fourth-order valence-electron chi connectivity index (χ4n) is 3.51. The number of hydrogen-bond donors (Lipinski definition) is 0. The molecule has 0 unspecified atom stereocenters. The number of aromatic nitrogens is 2. The average molecular weight is 347 g/mol. The molecule has 8 heteroatoms. The van der Waals surface area contributed by atoms with E-state index in [9.17, 15) is 9.59 Å². The van der Waals surface area contributed by atoms with E-state index in [-0.39, 0.29) is 17.9 Å². The second-order valence-corrected chi connectivity index (χ2v) is 6.53. The number of piperazine rings is 1. The normalized spacial score (nSPS) is 20.8. The molecule has 2 aliphatic heterocycles. The zero-order valence-corrected chi connectivity index (χ0v) is 15.1. The van der Waals surface area contributed by atoms with Crippen LogP contribution in [0.2, 0.25) is 0 Å². The van der Waals surface area contributed by atoms with Crippen LogP contribution in [0.15, 0.2) is 6.07 Å². The summed E-state index contributed by atoms with van der Waals surface area (Å²) in [6.07, 6.45) is 1.66. The maximum atomic E-state index is 12.8. The minimum atomic E-state index is -0.292. The summed E-state index contributed by atoms with van der Waals surface area (Å²) in [6, 6.07) is 1.50. The van der Waals surface area contributed by atoms with Crippen LogP contribution < -0.4 is 9.64 Å². The van der Waals surface area contributed by atoms with Crippen LogP contribution in [0, 0.1) is 6.92 Å². The van der Waals surface area contributed by atoms with Crippen LogP contribution in [0.5, 0.6) is 5.88 Å². The average Bonchev–Trinajstić information content (AvgIpc) is 3.10. The third kappa shape index (κ3) is 3.67. The molecule has 3 rings (SSSR count). The minimum absolute atomic E-state index is 0.0188. The van der Waals surface area contributed by atoms with E-state index in [4.69, 9.17) is 4.74 Å². The molecule has 0 aromatic carbocycles. The van der Waals surface area contributed by atoms with Gasteiger partial charge >= 0.3 is 0 Å². The summed E-state index contributed by atoms with van der Waals surface area (Å²) >= 11 is 0. The van der Waals surface area contributed by atoms with E-state index in [1.165, 1.54) is 6.92 Å². The van der Waals surface area contributed by atoms with Crippen molar-refractivity contribution in [2.45, 2.75) is 32.7 Å². The van der Waals surface area contributed by atoms with Gasteiger partial charge in [-0.15, -0.1) is 0 Å². The highest BCUT2D eigenvalue weighted by atomic mass is 16.5. The Labute approximate surface area is 147 Å². The summed E-state index contributed by atoms with van der Waals surface area (Å²) in [5.41, 5.74) is 0.850. The fraction of sp³-hybridized carbons (Fsp3) is 0.647. The molecule has 2 amide bonds. The Bertz CT molecular complexity index is 658. The van der Waals surface area contributed by atoms with Crippen LogP contribution in [0.25, 0.3) is 0 Å². The number of hydrogen-bond acceptors (Lipinski definition) is 6. The van der Waals surface area contributed by atoms with Crippen molar-refractivity contribution < 1.29 is 14.3 Å². The Morgan fingerprint density at radius 1 is 1.16 bits per heavy atom. The van der Waals surface area contributed by atoms with Gasteiger partial charge in [0, 0.05) is 51.4 Å². The van der Waals surface area contributed by atoms with Crippen molar-refractivity contribution in [2.24, 2.45) is 0 Å². The maximum Gasteiger partial charge on any atom is 0.245 e. The highest BCUT2D eigenvalue weighted by molar-refractivity contribution is 5.87. The van der Waals surface area contributed by atoms with Crippen molar-refractivity contribution in [1.29, 1.82) is 0 Å². The molecule has 8 nitrogen and oxygen atoms in total. The van der Waals surface area contributed by atoms with Crippen LogP contribution in [-0.4, -0.2) is 77.5 Å². The summed E-state index contributed by atoms with van der Waals surface area (Å²) in [5, 5.41) is 0. The second-order valence-electron chi connectivity index (χ2n) is 6.53. The van der Waals surface area contributed by atoms with Gasteiger partial charge < -0.3 is 19.4 Å². The molecule has 2 aliphatic rings. The summed E-state index contributed by atoms with van der Waals surface area (Å²) in [5.74, 6) is 1.23. The number of carbonyl (C=O) groups excluding carboxylic acids is 2. The zero-order valence-electron chi connectivity index (χ0n) is 15.1. The van der Waals surface area contributed by atoms with Gasteiger partial charge in [0.1, 0.15) is 6.04 Å². The van der Waals surface area contributed by atoms with Crippen molar-refractivity contribution in [1.82, 2.24) is 19.8 Å². The molecule has 0 spiro atoms. The molecule has 0 aliphatic carbocycles. The van der Waals surface area contributed by atoms with Crippen molar-refractivity contribution in [2.75, 3.05) is 44.7 Å². The molecule has 1 atom stereocenters. The number of anilines is 1. The van der Waals surface area contributed by atoms with Gasteiger partial charge in [0.05, 0.1) is 7.11 Å². The highest BCUT2D eigenvalue weighted by Gasteiger charge is 2.36. The van der Waals surface area contributed by atoms with Crippen LogP contribution in [0.1, 0.15) is 25.5 Å². The van der Waals surface area contributed by atoms with E-state index >= 15 is 0 Å². The number of carbonyl (C=O) groups is 2. The second kappa shape index (κ2) is 7.25. The number of methoxy groups -OCH3 is 1. The van der Waals surface area contributed by atoms with Gasteiger partial charge in [0.25, 0.3) is 0 Å². The van der Waals surface area contributed by atoms with Crippen LogP contribution in [-0.2, 0) is 9.59 Å². The lowest BCUT2D eigenvalue weighted by Crippen LogP contribution is -2.54. The maximum absolute atomic E-state index is 12.8. The number of likely N-dealkylation sites (tertiary alicyclic amines) is 1. The predicted molar refractivity (Wildman–Crippen MR) is 92.5 cm³/mol. The summed E-state index contributed by atoms with van der Waals surface area (Å²) in [7, 11) is 1.59. The monoisotopic (exact) mass is 347 g/mol. The van der Waals surface area contributed by atoms with E-state index < -0.39 is 0 Å². The molecule has 0 radical (unpaired) electrons. The van der Waals surface area contributed by atoms with Crippen molar-refractivity contribution >= 4 is 17.8 Å². The van der Waals surface area contributed by atoms with Gasteiger partial charge in [0.15, 0.2) is 0 Å². The standard InChI is InChI=1S/C17H25N5O3/c1-12-11-15(25-3)19-17(18-12)21-9-7-20(8-10-21)16(24)14-5-4-6-22(14)13(2)23/h11,14H,4-10H2,1-3H3/t14-/m1/s1. The Balaban J connectivity index is 1.63. The Morgan fingerprint density at radius 3 is 2.52 bits per heavy atom. The van der Waals surface area contributed by atoms with Gasteiger partial charge in [-0.3, -0.25) is 9.59 Å². The topological polar surface area (TPSA) is 78.9 Å². The Hall–Kier alpha value is -2.38. The SMILES string of the molecule is COc1cc(C)nc(N2CCN(C(=O)[C@H]3CCCN3C(C)=O)CC2)n1. The third-order valence-electron chi connectivity index (χ3n) is 4.84. The summed E-state index contributed by atoms with van der Waals surface area (Å²) < 4.78 is 5.21. The molecular weight excluding hydrogens is 322 g/mol. The smallest absolute Gasteiger partial charge is 0.245 e. The van der Waals surface area contributed by atoms with Gasteiger partial charge in [-0.1, -0.05) is 0 Å². The molecule has 0 saturated carbocycles. The van der Waals surface area contributed by atoms with Crippen LogP contribution in [0.4, 0.5) is 5.95 Å². The van der Waals surface area contributed by atoms with E-state index in [1.54, 1.807) is 18.1 Å². The molecule has 136 valence electrons. The molecular formula is C17H25N5O3. The predicted octanol–water partition coefficient (Wildman–Crippen LogP) is 0.453. The van der Waals surface area contributed by atoms with E-state index in [2.05, 4.69) is 14.9 Å². The lowest BCUT2D eigenvalue weighted by molar-refractivity contribution is -0.143. The third-order valence-corrected chi connectivity index (χ3v) is 4.84. The number of nitrogens with zero attached hydrogens (tertiary/aromatic N) is 5. The van der Waals surface area contributed by atoms with Gasteiger partial charge in [-0.05, 0) is 19.8 Å². The van der Waals surface area contributed by atoms with Gasteiger partial charge in [0.2, 0.25) is 23.6 Å². The summed E-state index contributed by atoms with van der Waals surface area (Å²) in [6.45, 7) is 6.69. The number of aryl methyl sites for hydroxylation is 1. The van der Waals surface area contributed by atoms with Crippen molar-refractivity contribution in [3.05, 3.63) is 11.8 Å². The zero-order chi connectivity index (χ0) is 18.0. The molecule has 0 N–H and O–H groups in total. The summed E-state index contributed by atoms with van der Waals surface area (Å²) in [4.78, 5) is 38.9. The Kier molecular flexibility index (Phi) is 5.06. The Morgan fingerprint density at radius 2 is 1.88 bits per heavy atom. The molecule has 2 saturated heterocycles. The molecule has 0 bridgehead atoms. The highest BCUT2D eigenvalue weighted by Crippen LogP contribution is 2.21. The van der Waals surface area contributed by atoms with E-state index in [0.29, 0.717) is 44.6 Å². The molecule has 3 heterocycles. The largest absolute Gasteiger partial charge is 0.481 e. The molecule has 25 heavy (non-hydrogen) atoms. The molecule has 1 aromatic heterocycles. The minimum Gasteiger partial charge on any atom is -0.481 e. The fourth-order valence-corrected chi connectivity index (χ4v) is 3.51. The lowest BCUT2D eigenvalue weighted by atomic mass is 10.1. The number of amides is 2. The first-order chi connectivity index (χ1) is 12.0. The van der Waals surface area contributed by atoms with Crippen molar-refractivity contribution in [3.63, 3.8) is 0 Å². The number of rotatable bonds is 3. The first kappa shape index (κ1) is 17.4. The van der Waals surface area contributed by atoms with Gasteiger partial charge in [-0.25, -0.2) is 4.98 Å².